The summed E-state index contributed by atoms with van der Waals surface area (Å²) in [5, 5.41) is 2.96. The standard InChI is InChI=1S/C22H24N4O.ClH/c27-22-18-10-3-4-12-20(18)26(21-19(24-22)11-9-13-23-21)17-8-7-16-25-14-5-1-2-6-15-25;/h3-4,9-13H,1-2,5-6,14-17H2,(H,24,27);1H. The highest BCUT2D eigenvalue weighted by atomic mass is 35.5. The van der Waals surface area contributed by atoms with Crippen LogP contribution in [0.1, 0.15) is 36.0 Å². The number of hydrogen-bond acceptors (Lipinski definition) is 4. The lowest BCUT2D eigenvalue weighted by atomic mass is 10.1. The van der Waals surface area contributed by atoms with E-state index in [1.54, 1.807) is 6.20 Å². The number of hydrogen-bond donors (Lipinski definition) is 1. The molecule has 6 heteroatoms. The molecule has 1 saturated heterocycles. The molecule has 1 aromatic heterocycles. The van der Waals surface area contributed by atoms with Crippen molar-refractivity contribution in [2.45, 2.75) is 25.7 Å². The van der Waals surface area contributed by atoms with Crippen LogP contribution in [0, 0.1) is 11.8 Å². The Kier molecular flexibility index (Phi) is 6.91. The molecule has 0 radical (unpaired) electrons. The molecule has 0 saturated carbocycles. The molecule has 1 N–H and O–H groups in total. The average Bonchev–Trinajstić information content (AvgIpc) is 3.03. The van der Waals surface area contributed by atoms with E-state index in [1.807, 2.05) is 41.3 Å². The Morgan fingerprint density at radius 2 is 1.71 bits per heavy atom. The van der Waals surface area contributed by atoms with Crippen LogP contribution < -0.4 is 10.2 Å². The topological polar surface area (TPSA) is 48.5 Å². The SMILES string of the molecule is Cl.O=C1Nc2cccnc2N(CC#CCN2CCCCCC2)c2ccccc21. The van der Waals surface area contributed by atoms with Gasteiger partial charge in [0.2, 0.25) is 0 Å². The van der Waals surface area contributed by atoms with Crippen molar-refractivity contribution in [2.75, 3.05) is 36.4 Å². The minimum Gasteiger partial charge on any atom is -0.319 e. The first-order valence-electron chi connectivity index (χ1n) is 9.64. The molecule has 0 unspecified atom stereocenters. The van der Waals surface area contributed by atoms with Crippen LogP contribution in [-0.2, 0) is 0 Å². The second-order valence-electron chi connectivity index (χ2n) is 6.98. The zero-order valence-corrected chi connectivity index (χ0v) is 16.7. The molecule has 146 valence electrons. The quantitative estimate of drug-likeness (QED) is 0.777. The summed E-state index contributed by atoms with van der Waals surface area (Å²) in [5.41, 5.74) is 2.20. The Balaban J connectivity index is 0.00000225. The number of para-hydroxylation sites is 1. The lowest BCUT2D eigenvalue weighted by molar-refractivity contribution is 0.102. The van der Waals surface area contributed by atoms with Crippen molar-refractivity contribution in [3.63, 3.8) is 0 Å². The van der Waals surface area contributed by atoms with E-state index in [1.165, 1.54) is 25.7 Å². The van der Waals surface area contributed by atoms with Gasteiger partial charge in [-0.25, -0.2) is 4.98 Å². The Morgan fingerprint density at radius 1 is 0.964 bits per heavy atom. The van der Waals surface area contributed by atoms with Gasteiger partial charge in [-0.15, -0.1) is 12.4 Å². The van der Waals surface area contributed by atoms with Gasteiger partial charge in [-0.1, -0.05) is 36.8 Å². The predicted molar refractivity (Wildman–Crippen MR) is 116 cm³/mol. The maximum absolute atomic E-state index is 12.6. The largest absolute Gasteiger partial charge is 0.319 e. The summed E-state index contributed by atoms with van der Waals surface area (Å²) in [4.78, 5) is 21.5. The molecule has 28 heavy (non-hydrogen) atoms. The Labute approximate surface area is 172 Å². The van der Waals surface area contributed by atoms with E-state index in [4.69, 9.17) is 0 Å². The number of likely N-dealkylation sites (tertiary alicyclic amines) is 1. The number of carbonyl (C=O) groups excluding carboxylic acids is 1. The van der Waals surface area contributed by atoms with Crippen molar-refractivity contribution in [3.8, 4) is 11.8 Å². The number of nitrogens with one attached hydrogen (secondary N) is 1. The number of amides is 1. The maximum atomic E-state index is 12.6. The molecule has 4 rings (SSSR count). The number of rotatable bonds is 2. The van der Waals surface area contributed by atoms with Gasteiger partial charge in [0.15, 0.2) is 5.82 Å². The molecular formula is C22H25ClN4O. The van der Waals surface area contributed by atoms with Crippen molar-refractivity contribution in [2.24, 2.45) is 0 Å². The molecule has 0 bridgehead atoms. The highest BCUT2D eigenvalue weighted by Crippen LogP contribution is 2.35. The second kappa shape index (κ2) is 9.59. The minimum atomic E-state index is -0.111. The smallest absolute Gasteiger partial charge is 0.257 e. The summed E-state index contributed by atoms with van der Waals surface area (Å²) in [6, 6.07) is 11.3. The van der Waals surface area contributed by atoms with Crippen LogP contribution in [0.2, 0.25) is 0 Å². The van der Waals surface area contributed by atoms with Crippen molar-refractivity contribution < 1.29 is 4.79 Å². The lowest BCUT2D eigenvalue weighted by Crippen LogP contribution is -2.25. The molecule has 2 aliphatic rings. The van der Waals surface area contributed by atoms with Crippen molar-refractivity contribution >= 4 is 35.5 Å². The molecule has 0 atom stereocenters. The summed E-state index contributed by atoms with van der Waals surface area (Å²) in [7, 11) is 0. The van der Waals surface area contributed by atoms with Gasteiger partial charge in [-0.3, -0.25) is 9.69 Å². The van der Waals surface area contributed by atoms with Crippen LogP contribution in [-0.4, -0.2) is 42.0 Å². The lowest BCUT2D eigenvalue weighted by Gasteiger charge is -2.22. The van der Waals surface area contributed by atoms with Crippen LogP contribution in [0.15, 0.2) is 42.6 Å². The third-order valence-corrected chi connectivity index (χ3v) is 5.09. The highest BCUT2D eigenvalue weighted by Gasteiger charge is 2.25. The molecule has 0 aliphatic carbocycles. The van der Waals surface area contributed by atoms with E-state index in [-0.39, 0.29) is 18.3 Å². The third-order valence-electron chi connectivity index (χ3n) is 5.09. The zero-order chi connectivity index (χ0) is 18.5. The highest BCUT2D eigenvalue weighted by molar-refractivity contribution is 6.12. The summed E-state index contributed by atoms with van der Waals surface area (Å²) in [5.74, 6) is 7.25. The molecule has 0 spiro atoms. The Bertz CT molecular complexity index is 881. The van der Waals surface area contributed by atoms with Gasteiger partial charge in [-0.2, -0.15) is 0 Å². The summed E-state index contributed by atoms with van der Waals surface area (Å²) in [6.45, 7) is 3.60. The fourth-order valence-electron chi connectivity index (χ4n) is 3.67. The summed E-state index contributed by atoms with van der Waals surface area (Å²) >= 11 is 0. The number of nitrogens with zero attached hydrogens (tertiary/aromatic N) is 3. The Morgan fingerprint density at radius 3 is 2.54 bits per heavy atom. The number of aromatic nitrogens is 1. The van der Waals surface area contributed by atoms with Crippen molar-refractivity contribution in [1.82, 2.24) is 9.88 Å². The van der Waals surface area contributed by atoms with Gasteiger partial charge in [-0.05, 0) is 50.2 Å². The number of carbonyl (C=O) groups is 1. The van der Waals surface area contributed by atoms with Crippen molar-refractivity contribution in [3.05, 3.63) is 48.2 Å². The first-order chi connectivity index (χ1) is 13.3. The van der Waals surface area contributed by atoms with Gasteiger partial charge >= 0.3 is 0 Å². The van der Waals surface area contributed by atoms with Crippen molar-refractivity contribution in [1.29, 1.82) is 0 Å². The van der Waals surface area contributed by atoms with E-state index >= 15 is 0 Å². The van der Waals surface area contributed by atoms with Crippen LogP contribution in [0.5, 0.6) is 0 Å². The molecule has 1 fully saturated rings. The van der Waals surface area contributed by atoms with Gasteiger partial charge in [0, 0.05) is 6.20 Å². The first-order valence-corrected chi connectivity index (χ1v) is 9.64. The molecule has 5 nitrogen and oxygen atoms in total. The number of anilines is 3. The Hall–Kier alpha value is -2.55. The van der Waals surface area contributed by atoms with Crippen LogP contribution in [0.3, 0.4) is 0 Å². The molecule has 1 aromatic carbocycles. The number of pyridine rings is 1. The van der Waals surface area contributed by atoms with Gasteiger partial charge in [0.25, 0.3) is 5.91 Å². The molecule has 2 aromatic rings. The van der Waals surface area contributed by atoms with Crippen LogP contribution >= 0.6 is 12.4 Å². The van der Waals surface area contributed by atoms with Gasteiger partial charge in [0.05, 0.1) is 30.0 Å². The van der Waals surface area contributed by atoms with E-state index < -0.39 is 0 Å². The van der Waals surface area contributed by atoms with Gasteiger partial charge in [0.1, 0.15) is 0 Å². The summed E-state index contributed by atoms with van der Waals surface area (Å²) < 4.78 is 0. The van der Waals surface area contributed by atoms with Crippen LogP contribution in [0.25, 0.3) is 0 Å². The van der Waals surface area contributed by atoms with E-state index in [0.29, 0.717) is 17.8 Å². The number of benzene rings is 1. The molecular weight excluding hydrogens is 372 g/mol. The summed E-state index contributed by atoms with van der Waals surface area (Å²) in [6.07, 6.45) is 6.95. The monoisotopic (exact) mass is 396 g/mol. The normalized spacial score (nSPS) is 16.3. The minimum absolute atomic E-state index is 0. The second-order valence-corrected chi connectivity index (χ2v) is 6.98. The van der Waals surface area contributed by atoms with E-state index in [0.717, 1.165) is 31.1 Å². The van der Waals surface area contributed by atoms with Gasteiger partial charge < -0.3 is 10.2 Å². The fraction of sp³-hybridized carbons (Fsp3) is 0.364. The number of halogens is 1. The van der Waals surface area contributed by atoms with Crippen LogP contribution in [0.4, 0.5) is 17.2 Å². The fourth-order valence-corrected chi connectivity index (χ4v) is 3.67. The predicted octanol–water partition coefficient (Wildman–Crippen LogP) is 4.09. The number of fused-ring (bicyclic) bond motifs is 2. The molecule has 1 amide bonds. The zero-order valence-electron chi connectivity index (χ0n) is 15.9. The van der Waals surface area contributed by atoms with E-state index in [9.17, 15) is 4.79 Å². The van der Waals surface area contributed by atoms with E-state index in [2.05, 4.69) is 27.0 Å². The molecule has 2 aliphatic heterocycles. The molecule has 3 heterocycles. The maximum Gasteiger partial charge on any atom is 0.257 e. The third kappa shape index (κ3) is 4.46. The average molecular weight is 397 g/mol. The first kappa shape index (κ1) is 20.2.